The molecule has 122 valence electrons. The molecule has 2 aromatic rings. The van der Waals surface area contributed by atoms with Gasteiger partial charge < -0.3 is 20.1 Å². The number of rotatable bonds is 4. The SMILES string of the molecule is COc1cccc(C2CC(N)CN(c3cccc(OC)c3)C2)c1. The Labute approximate surface area is 137 Å². The van der Waals surface area contributed by atoms with Gasteiger partial charge in [-0.2, -0.15) is 0 Å². The Balaban J connectivity index is 1.83. The third kappa shape index (κ3) is 3.59. The molecule has 0 bridgehead atoms. The maximum Gasteiger partial charge on any atom is 0.120 e. The van der Waals surface area contributed by atoms with E-state index in [0.717, 1.165) is 36.7 Å². The first-order valence-corrected chi connectivity index (χ1v) is 7.98. The normalized spacial score (nSPS) is 21.1. The van der Waals surface area contributed by atoms with Gasteiger partial charge >= 0.3 is 0 Å². The first-order chi connectivity index (χ1) is 11.2. The van der Waals surface area contributed by atoms with Gasteiger partial charge in [0.05, 0.1) is 14.2 Å². The van der Waals surface area contributed by atoms with E-state index in [1.54, 1.807) is 14.2 Å². The summed E-state index contributed by atoms with van der Waals surface area (Å²) in [4.78, 5) is 2.35. The minimum atomic E-state index is 0.158. The summed E-state index contributed by atoms with van der Waals surface area (Å²) in [7, 11) is 3.40. The largest absolute Gasteiger partial charge is 0.497 e. The van der Waals surface area contributed by atoms with Crippen molar-refractivity contribution < 1.29 is 9.47 Å². The Morgan fingerprint density at radius 3 is 2.39 bits per heavy atom. The molecule has 1 heterocycles. The van der Waals surface area contributed by atoms with Gasteiger partial charge in [-0.25, -0.2) is 0 Å². The van der Waals surface area contributed by atoms with Crippen molar-refractivity contribution in [1.29, 1.82) is 0 Å². The van der Waals surface area contributed by atoms with E-state index in [0.29, 0.717) is 5.92 Å². The van der Waals surface area contributed by atoms with Crippen molar-refractivity contribution in [1.82, 2.24) is 0 Å². The summed E-state index contributed by atoms with van der Waals surface area (Å²) in [5.41, 5.74) is 8.77. The van der Waals surface area contributed by atoms with E-state index >= 15 is 0 Å². The monoisotopic (exact) mass is 312 g/mol. The van der Waals surface area contributed by atoms with Crippen molar-refractivity contribution in [3.05, 3.63) is 54.1 Å². The van der Waals surface area contributed by atoms with Crippen LogP contribution < -0.4 is 20.1 Å². The van der Waals surface area contributed by atoms with E-state index in [4.69, 9.17) is 15.2 Å². The van der Waals surface area contributed by atoms with Gasteiger partial charge in [0.25, 0.3) is 0 Å². The predicted octanol–water partition coefficient (Wildman–Crippen LogP) is 3.03. The van der Waals surface area contributed by atoms with E-state index in [9.17, 15) is 0 Å². The lowest BCUT2D eigenvalue weighted by molar-refractivity contribution is 0.410. The molecule has 0 spiro atoms. The molecule has 0 aliphatic carbocycles. The molecule has 2 atom stereocenters. The lowest BCUT2D eigenvalue weighted by Crippen LogP contribution is -2.46. The maximum absolute atomic E-state index is 6.33. The number of nitrogens with zero attached hydrogens (tertiary/aromatic N) is 1. The third-order valence-corrected chi connectivity index (χ3v) is 4.47. The van der Waals surface area contributed by atoms with E-state index in [1.807, 2.05) is 24.3 Å². The summed E-state index contributed by atoms with van der Waals surface area (Å²) < 4.78 is 10.7. The zero-order valence-electron chi connectivity index (χ0n) is 13.7. The van der Waals surface area contributed by atoms with Gasteiger partial charge in [0.1, 0.15) is 11.5 Å². The summed E-state index contributed by atoms with van der Waals surface area (Å²) in [6.45, 7) is 1.82. The van der Waals surface area contributed by atoms with E-state index in [-0.39, 0.29) is 6.04 Å². The van der Waals surface area contributed by atoms with Crippen LogP contribution in [0, 0.1) is 0 Å². The number of anilines is 1. The Morgan fingerprint density at radius 2 is 1.65 bits per heavy atom. The average Bonchev–Trinajstić information content (AvgIpc) is 2.61. The first-order valence-electron chi connectivity index (χ1n) is 7.98. The van der Waals surface area contributed by atoms with Crippen molar-refractivity contribution in [3.63, 3.8) is 0 Å². The summed E-state index contributed by atoms with van der Waals surface area (Å²) in [5.74, 6) is 2.18. The number of ether oxygens (including phenoxy) is 2. The zero-order valence-corrected chi connectivity index (χ0v) is 13.7. The fourth-order valence-corrected chi connectivity index (χ4v) is 3.29. The second kappa shape index (κ2) is 6.92. The Kier molecular flexibility index (Phi) is 4.72. The van der Waals surface area contributed by atoms with Crippen LogP contribution in [0.25, 0.3) is 0 Å². The molecule has 0 aromatic heterocycles. The molecule has 3 rings (SSSR count). The third-order valence-electron chi connectivity index (χ3n) is 4.47. The minimum Gasteiger partial charge on any atom is -0.497 e. The number of methoxy groups -OCH3 is 2. The molecule has 1 aliphatic heterocycles. The highest BCUT2D eigenvalue weighted by Gasteiger charge is 2.26. The quantitative estimate of drug-likeness (QED) is 0.943. The highest BCUT2D eigenvalue weighted by atomic mass is 16.5. The Morgan fingerprint density at radius 1 is 0.957 bits per heavy atom. The van der Waals surface area contributed by atoms with Crippen molar-refractivity contribution >= 4 is 5.69 Å². The van der Waals surface area contributed by atoms with Gasteiger partial charge in [0.15, 0.2) is 0 Å². The van der Waals surface area contributed by atoms with Crippen LogP contribution in [0.15, 0.2) is 48.5 Å². The molecular weight excluding hydrogens is 288 g/mol. The van der Waals surface area contributed by atoms with Crippen LogP contribution in [0.2, 0.25) is 0 Å². The van der Waals surface area contributed by atoms with Crippen molar-refractivity contribution in [2.75, 3.05) is 32.2 Å². The van der Waals surface area contributed by atoms with Crippen LogP contribution in [0.1, 0.15) is 17.9 Å². The molecule has 0 amide bonds. The standard InChI is InChI=1S/C19H24N2O2/c1-22-18-7-3-5-14(10-18)15-9-16(20)13-21(12-15)17-6-4-8-19(11-17)23-2/h3-8,10-11,15-16H,9,12-13,20H2,1-2H3. The van der Waals surface area contributed by atoms with E-state index in [1.165, 1.54) is 5.56 Å². The van der Waals surface area contributed by atoms with Gasteiger partial charge in [-0.1, -0.05) is 18.2 Å². The molecule has 4 heteroatoms. The van der Waals surface area contributed by atoms with Gasteiger partial charge in [0.2, 0.25) is 0 Å². The number of piperidine rings is 1. The second-order valence-electron chi connectivity index (χ2n) is 6.08. The second-order valence-corrected chi connectivity index (χ2v) is 6.08. The molecule has 1 saturated heterocycles. The highest BCUT2D eigenvalue weighted by molar-refractivity contribution is 5.52. The average molecular weight is 312 g/mol. The Hall–Kier alpha value is -2.20. The lowest BCUT2D eigenvalue weighted by Gasteiger charge is -2.38. The topological polar surface area (TPSA) is 47.7 Å². The molecule has 2 unspecified atom stereocenters. The fourth-order valence-electron chi connectivity index (χ4n) is 3.29. The number of hydrogen-bond acceptors (Lipinski definition) is 4. The van der Waals surface area contributed by atoms with Crippen LogP contribution in [0.3, 0.4) is 0 Å². The minimum absolute atomic E-state index is 0.158. The molecule has 0 saturated carbocycles. The number of nitrogens with two attached hydrogens (primary N) is 1. The lowest BCUT2D eigenvalue weighted by atomic mass is 9.88. The van der Waals surface area contributed by atoms with Gasteiger partial charge in [0, 0.05) is 36.8 Å². The van der Waals surface area contributed by atoms with Crippen LogP contribution in [-0.4, -0.2) is 33.4 Å². The van der Waals surface area contributed by atoms with Crippen LogP contribution in [0.5, 0.6) is 11.5 Å². The molecule has 2 N–H and O–H groups in total. The molecule has 23 heavy (non-hydrogen) atoms. The smallest absolute Gasteiger partial charge is 0.120 e. The van der Waals surface area contributed by atoms with Crippen molar-refractivity contribution in [2.45, 2.75) is 18.4 Å². The molecule has 2 aromatic carbocycles. The molecule has 0 radical (unpaired) electrons. The van der Waals surface area contributed by atoms with E-state index < -0.39 is 0 Å². The summed E-state index contributed by atoms with van der Waals surface area (Å²) >= 11 is 0. The molecule has 4 nitrogen and oxygen atoms in total. The first kappa shape index (κ1) is 15.7. The number of hydrogen-bond donors (Lipinski definition) is 1. The van der Waals surface area contributed by atoms with Crippen LogP contribution >= 0.6 is 0 Å². The zero-order chi connectivity index (χ0) is 16.2. The van der Waals surface area contributed by atoms with Crippen LogP contribution in [-0.2, 0) is 0 Å². The highest BCUT2D eigenvalue weighted by Crippen LogP contribution is 2.32. The molecular formula is C19H24N2O2. The Bertz CT molecular complexity index is 604. The van der Waals surface area contributed by atoms with Gasteiger partial charge in [-0.05, 0) is 36.2 Å². The van der Waals surface area contributed by atoms with Crippen molar-refractivity contribution in [2.24, 2.45) is 5.73 Å². The van der Waals surface area contributed by atoms with E-state index in [2.05, 4.69) is 29.2 Å². The maximum atomic E-state index is 6.33. The number of benzene rings is 2. The van der Waals surface area contributed by atoms with Gasteiger partial charge in [-0.3, -0.25) is 0 Å². The predicted molar refractivity (Wildman–Crippen MR) is 93.5 cm³/mol. The van der Waals surface area contributed by atoms with Gasteiger partial charge in [-0.15, -0.1) is 0 Å². The molecule has 1 fully saturated rings. The van der Waals surface area contributed by atoms with Crippen LogP contribution in [0.4, 0.5) is 5.69 Å². The summed E-state index contributed by atoms with van der Waals surface area (Å²) in [6.07, 6.45) is 0.994. The fraction of sp³-hybridized carbons (Fsp3) is 0.368. The summed E-state index contributed by atoms with van der Waals surface area (Å²) in [6, 6.07) is 16.6. The molecule has 1 aliphatic rings. The van der Waals surface area contributed by atoms with Crippen molar-refractivity contribution in [3.8, 4) is 11.5 Å². The summed E-state index contributed by atoms with van der Waals surface area (Å²) in [5, 5.41) is 0.